The van der Waals surface area contributed by atoms with E-state index in [2.05, 4.69) is 53.8 Å². The SMILES string of the molecule is CCc1ccc(C2(c3c[nH]c4c(C(=O)NC)cccc34)CCC2)cc1. The molecule has 25 heavy (non-hydrogen) atoms. The van der Waals surface area contributed by atoms with E-state index in [4.69, 9.17) is 0 Å². The number of nitrogens with one attached hydrogen (secondary N) is 2. The minimum absolute atomic E-state index is 0.0473. The molecule has 1 fully saturated rings. The van der Waals surface area contributed by atoms with Crippen molar-refractivity contribution in [2.45, 2.75) is 38.0 Å². The quantitative estimate of drug-likeness (QED) is 0.723. The molecule has 1 aliphatic carbocycles. The van der Waals surface area contributed by atoms with Crippen LogP contribution in [0.5, 0.6) is 0 Å². The number of para-hydroxylation sites is 1. The fourth-order valence-corrected chi connectivity index (χ4v) is 4.18. The molecule has 3 aromatic rings. The van der Waals surface area contributed by atoms with Gasteiger partial charge < -0.3 is 10.3 Å². The Morgan fingerprint density at radius 2 is 1.92 bits per heavy atom. The van der Waals surface area contributed by atoms with Gasteiger partial charge in [0.05, 0.1) is 11.1 Å². The third kappa shape index (κ3) is 2.38. The van der Waals surface area contributed by atoms with Gasteiger partial charge >= 0.3 is 0 Å². The molecule has 0 bridgehead atoms. The minimum Gasteiger partial charge on any atom is -0.360 e. The summed E-state index contributed by atoms with van der Waals surface area (Å²) in [6.07, 6.45) is 6.75. The van der Waals surface area contributed by atoms with Crippen molar-refractivity contribution in [3.05, 3.63) is 70.9 Å². The van der Waals surface area contributed by atoms with Crippen LogP contribution in [0.3, 0.4) is 0 Å². The summed E-state index contributed by atoms with van der Waals surface area (Å²) in [6.45, 7) is 2.19. The molecule has 0 spiro atoms. The minimum atomic E-state index is -0.0473. The van der Waals surface area contributed by atoms with Crippen molar-refractivity contribution in [1.82, 2.24) is 10.3 Å². The molecule has 0 unspecified atom stereocenters. The van der Waals surface area contributed by atoms with E-state index >= 15 is 0 Å². The monoisotopic (exact) mass is 332 g/mol. The topological polar surface area (TPSA) is 44.9 Å². The molecule has 128 valence electrons. The summed E-state index contributed by atoms with van der Waals surface area (Å²) in [7, 11) is 1.67. The number of benzene rings is 2. The molecule has 2 aromatic carbocycles. The summed E-state index contributed by atoms with van der Waals surface area (Å²) < 4.78 is 0. The number of carbonyl (C=O) groups is 1. The molecule has 0 atom stereocenters. The third-order valence-electron chi connectivity index (χ3n) is 5.82. The van der Waals surface area contributed by atoms with Gasteiger partial charge in [-0.25, -0.2) is 0 Å². The third-order valence-corrected chi connectivity index (χ3v) is 5.82. The summed E-state index contributed by atoms with van der Waals surface area (Å²) in [5.41, 5.74) is 5.81. The average molecular weight is 332 g/mol. The van der Waals surface area contributed by atoms with Crippen molar-refractivity contribution in [1.29, 1.82) is 0 Å². The Hall–Kier alpha value is -2.55. The fraction of sp³-hybridized carbons (Fsp3) is 0.318. The van der Waals surface area contributed by atoms with E-state index < -0.39 is 0 Å². The van der Waals surface area contributed by atoms with Crippen LogP contribution < -0.4 is 5.32 Å². The van der Waals surface area contributed by atoms with Crippen molar-refractivity contribution >= 4 is 16.8 Å². The Kier molecular flexibility index (Phi) is 3.87. The van der Waals surface area contributed by atoms with Crippen LogP contribution in [-0.2, 0) is 11.8 Å². The number of fused-ring (bicyclic) bond motifs is 1. The molecule has 1 aliphatic rings. The number of amides is 1. The maximum atomic E-state index is 12.2. The highest BCUT2D eigenvalue weighted by atomic mass is 16.1. The standard InChI is InChI=1S/C22H24N2O/c1-3-15-8-10-16(11-9-15)22(12-5-13-22)19-14-24-20-17(19)6-4-7-18(20)21(25)23-2/h4,6-11,14,24H,3,5,12-13H2,1-2H3,(H,23,25). The van der Waals surface area contributed by atoms with Crippen LogP contribution in [0.2, 0.25) is 0 Å². The number of aromatic nitrogens is 1. The van der Waals surface area contributed by atoms with E-state index in [1.165, 1.54) is 28.5 Å². The number of H-pyrrole nitrogens is 1. The van der Waals surface area contributed by atoms with Crippen LogP contribution in [0, 0.1) is 0 Å². The van der Waals surface area contributed by atoms with Crippen LogP contribution in [0.25, 0.3) is 10.9 Å². The predicted octanol–water partition coefficient (Wildman–Crippen LogP) is 4.56. The molecule has 3 nitrogen and oxygen atoms in total. The van der Waals surface area contributed by atoms with Crippen molar-refractivity contribution in [3.8, 4) is 0 Å². The lowest BCUT2D eigenvalue weighted by atomic mass is 9.60. The highest BCUT2D eigenvalue weighted by molar-refractivity contribution is 6.06. The molecule has 1 amide bonds. The largest absolute Gasteiger partial charge is 0.360 e. The number of aromatic amines is 1. The van der Waals surface area contributed by atoms with E-state index in [1.807, 2.05) is 12.1 Å². The Bertz CT molecular complexity index is 917. The van der Waals surface area contributed by atoms with Crippen molar-refractivity contribution in [2.75, 3.05) is 7.05 Å². The van der Waals surface area contributed by atoms with Gasteiger partial charge in [-0.2, -0.15) is 0 Å². The highest BCUT2D eigenvalue weighted by Crippen LogP contribution is 2.51. The number of hydrogen-bond acceptors (Lipinski definition) is 1. The summed E-state index contributed by atoms with van der Waals surface area (Å²) in [6, 6.07) is 15.1. The second-order valence-corrected chi connectivity index (χ2v) is 7.00. The van der Waals surface area contributed by atoms with Crippen LogP contribution in [0.4, 0.5) is 0 Å². The molecule has 2 N–H and O–H groups in total. The zero-order valence-electron chi connectivity index (χ0n) is 14.9. The highest BCUT2D eigenvalue weighted by Gasteiger charge is 2.42. The summed E-state index contributed by atoms with van der Waals surface area (Å²) in [5.74, 6) is -0.0473. The van der Waals surface area contributed by atoms with E-state index in [0.29, 0.717) is 5.56 Å². The van der Waals surface area contributed by atoms with E-state index in [1.54, 1.807) is 7.05 Å². The second-order valence-electron chi connectivity index (χ2n) is 7.00. The van der Waals surface area contributed by atoms with E-state index in [9.17, 15) is 4.79 Å². The lowest BCUT2D eigenvalue weighted by Gasteiger charge is -2.43. The van der Waals surface area contributed by atoms with Gasteiger partial charge in [-0.05, 0) is 42.0 Å². The lowest BCUT2D eigenvalue weighted by Crippen LogP contribution is -2.35. The molecular weight excluding hydrogens is 308 g/mol. The number of hydrogen-bond donors (Lipinski definition) is 2. The van der Waals surface area contributed by atoms with Crippen LogP contribution in [0.15, 0.2) is 48.7 Å². The molecule has 0 aliphatic heterocycles. The van der Waals surface area contributed by atoms with Crippen molar-refractivity contribution < 1.29 is 4.79 Å². The molecule has 4 rings (SSSR count). The maximum Gasteiger partial charge on any atom is 0.253 e. The fourth-order valence-electron chi connectivity index (χ4n) is 4.18. The normalized spacial score (nSPS) is 15.8. The Balaban J connectivity index is 1.85. The van der Waals surface area contributed by atoms with Crippen molar-refractivity contribution in [3.63, 3.8) is 0 Å². The van der Waals surface area contributed by atoms with Crippen LogP contribution >= 0.6 is 0 Å². The molecular formula is C22H24N2O. The number of carbonyl (C=O) groups excluding carboxylic acids is 1. The first-order valence-electron chi connectivity index (χ1n) is 9.11. The zero-order chi connectivity index (χ0) is 17.4. The van der Waals surface area contributed by atoms with Gasteiger partial charge in [0.15, 0.2) is 0 Å². The lowest BCUT2D eigenvalue weighted by molar-refractivity contribution is 0.0964. The maximum absolute atomic E-state index is 12.2. The molecule has 0 radical (unpaired) electrons. The Morgan fingerprint density at radius 1 is 1.16 bits per heavy atom. The van der Waals surface area contributed by atoms with Gasteiger partial charge in [0, 0.05) is 24.0 Å². The van der Waals surface area contributed by atoms with Gasteiger partial charge in [0.1, 0.15) is 0 Å². The number of rotatable bonds is 4. The molecule has 1 saturated carbocycles. The molecule has 0 saturated heterocycles. The van der Waals surface area contributed by atoms with Crippen molar-refractivity contribution in [2.24, 2.45) is 0 Å². The van der Waals surface area contributed by atoms with Gasteiger partial charge in [-0.3, -0.25) is 4.79 Å². The zero-order valence-corrected chi connectivity index (χ0v) is 14.9. The smallest absolute Gasteiger partial charge is 0.253 e. The Morgan fingerprint density at radius 3 is 2.52 bits per heavy atom. The second kappa shape index (κ2) is 6.07. The van der Waals surface area contributed by atoms with Gasteiger partial charge in [0.25, 0.3) is 5.91 Å². The van der Waals surface area contributed by atoms with E-state index in [0.717, 1.165) is 24.8 Å². The van der Waals surface area contributed by atoms with Gasteiger partial charge in [-0.1, -0.05) is 49.7 Å². The first-order valence-corrected chi connectivity index (χ1v) is 9.11. The predicted molar refractivity (Wildman–Crippen MR) is 102 cm³/mol. The molecule has 1 heterocycles. The van der Waals surface area contributed by atoms with Crippen LogP contribution in [0.1, 0.15) is 53.2 Å². The van der Waals surface area contributed by atoms with Gasteiger partial charge in [0.2, 0.25) is 0 Å². The Labute approximate surface area is 148 Å². The average Bonchev–Trinajstić information content (AvgIpc) is 3.05. The summed E-state index contributed by atoms with van der Waals surface area (Å²) in [4.78, 5) is 15.6. The molecule has 3 heteroatoms. The first-order chi connectivity index (χ1) is 12.2. The molecule has 1 aromatic heterocycles. The van der Waals surface area contributed by atoms with E-state index in [-0.39, 0.29) is 11.3 Å². The first kappa shape index (κ1) is 15.9. The van der Waals surface area contributed by atoms with Gasteiger partial charge in [-0.15, -0.1) is 0 Å². The summed E-state index contributed by atoms with van der Waals surface area (Å²) >= 11 is 0. The summed E-state index contributed by atoms with van der Waals surface area (Å²) in [5, 5.41) is 3.90. The number of aryl methyl sites for hydroxylation is 1. The van der Waals surface area contributed by atoms with Crippen LogP contribution in [-0.4, -0.2) is 17.9 Å².